The zero-order chi connectivity index (χ0) is 15.5. The van der Waals surface area contributed by atoms with Crippen LogP contribution in [0, 0.1) is 0 Å². The Kier molecular flexibility index (Phi) is 4.28. The van der Waals surface area contributed by atoms with Gasteiger partial charge >= 0.3 is 5.97 Å². The van der Waals surface area contributed by atoms with Crippen LogP contribution >= 0.6 is 0 Å². The van der Waals surface area contributed by atoms with Gasteiger partial charge in [-0.3, -0.25) is 0 Å². The van der Waals surface area contributed by atoms with Gasteiger partial charge in [-0.2, -0.15) is 0 Å². The molecule has 0 aliphatic heterocycles. The van der Waals surface area contributed by atoms with E-state index in [-0.39, 0.29) is 16.2 Å². The predicted octanol–water partition coefficient (Wildman–Crippen LogP) is 2.97. The normalized spacial score (nSPS) is 11.1. The van der Waals surface area contributed by atoms with Crippen LogP contribution in [-0.4, -0.2) is 25.2 Å². The summed E-state index contributed by atoms with van der Waals surface area (Å²) in [6.45, 7) is 1.58. The van der Waals surface area contributed by atoms with Gasteiger partial charge in [0.1, 0.15) is 11.5 Å². The highest BCUT2D eigenvalue weighted by Crippen LogP contribution is 2.24. The van der Waals surface area contributed by atoms with Crippen molar-refractivity contribution in [3.05, 3.63) is 54.1 Å². The van der Waals surface area contributed by atoms with Crippen molar-refractivity contribution in [1.82, 2.24) is 0 Å². The summed E-state index contributed by atoms with van der Waals surface area (Å²) < 4.78 is 28.9. The van der Waals surface area contributed by atoms with E-state index in [2.05, 4.69) is 0 Å². The number of ether oxygens (including phenoxy) is 1. The largest absolute Gasteiger partial charge is 0.478 e. The zero-order valence-corrected chi connectivity index (χ0v) is 12.1. The van der Waals surface area contributed by atoms with Gasteiger partial charge in [-0.05, 0) is 42.5 Å². The second kappa shape index (κ2) is 5.97. The molecule has 0 amide bonds. The SMILES string of the molecule is CCS(=O)(=O)c1ccc(Oc2cccc(C(=O)O)c2)cc1. The molecular weight excluding hydrogens is 292 g/mol. The number of carboxylic acid groups (broad SMARTS) is 1. The molecule has 0 radical (unpaired) electrons. The number of carbonyl (C=O) groups is 1. The fourth-order valence-electron chi connectivity index (χ4n) is 1.71. The van der Waals surface area contributed by atoms with Gasteiger partial charge in [0, 0.05) is 0 Å². The maximum atomic E-state index is 11.7. The monoisotopic (exact) mass is 306 g/mol. The van der Waals surface area contributed by atoms with E-state index in [1.54, 1.807) is 19.1 Å². The van der Waals surface area contributed by atoms with E-state index in [4.69, 9.17) is 9.84 Å². The zero-order valence-electron chi connectivity index (χ0n) is 11.3. The quantitative estimate of drug-likeness (QED) is 0.918. The number of hydrogen-bond donors (Lipinski definition) is 1. The third kappa shape index (κ3) is 3.61. The molecule has 0 aliphatic carbocycles. The first-order chi connectivity index (χ1) is 9.92. The summed E-state index contributed by atoms with van der Waals surface area (Å²) in [7, 11) is -3.24. The molecule has 21 heavy (non-hydrogen) atoms. The van der Waals surface area contributed by atoms with Crippen LogP contribution < -0.4 is 4.74 Å². The van der Waals surface area contributed by atoms with Gasteiger partial charge in [-0.1, -0.05) is 13.0 Å². The number of aromatic carboxylic acids is 1. The average molecular weight is 306 g/mol. The highest BCUT2D eigenvalue weighted by molar-refractivity contribution is 7.91. The Labute approximate surface area is 122 Å². The van der Waals surface area contributed by atoms with Crippen LogP contribution in [0.5, 0.6) is 11.5 Å². The van der Waals surface area contributed by atoms with Crippen molar-refractivity contribution in [1.29, 1.82) is 0 Å². The van der Waals surface area contributed by atoms with Crippen molar-refractivity contribution >= 4 is 15.8 Å². The molecule has 5 nitrogen and oxygen atoms in total. The number of sulfone groups is 1. The van der Waals surface area contributed by atoms with E-state index >= 15 is 0 Å². The Balaban J connectivity index is 2.21. The number of hydrogen-bond acceptors (Lipinski definition) is 4. The lowest BCUT2D eigenvalue weighted by Gasteiger charge is -2.07. The molecule has 0 saturated heterocycles. The van der Waals surface area contributed by atoms with Crippen molar-refractivity contribution in [3.8, 4) is 11.5 Å². The summed E-state index contributed by atoms with van der Waals surface area (Å²) in [5.74, 6) is -0.188. The van der Waals surface area contributed by atoms with Crippen molar-refractivity contribution in [2.75, 3.05) is 5.75 Å². The third-order valence-electron chi connectivity index (χ3n) is 2.88. The molecule has 2 aromatic rings. The van der Waals surface area contributed by atoms with Crippen molar-refractivity contribution in [2.45, 2.75) is 11.8 Å². The highest BCUT2D eigenvalue weighted by Gasteiger charge is 2.11. The predicted molar refractivity (Wildman–Crippen MR) is 77.6 cm³/mol. The van der Waals surface area contributed by atoms with E-state index in [9.17, 15) is 13.2 Å². The minimum Gasteiger partial charge on any atom is -0.478 e. The average Bonchev–Trinajstić information content (AvgIpc) is 2.48. The summed E-state index contributed by atoms with van der Waals surface area (Å²) in [6, 6.07) is 12.1. The molecule has 0 bridgehead atoms. The van der Waals surface area contributed by atoms with E-state index < -0.39 is 15.8 Å². The van der Waals surface area contributed by atoms with Crippen LogP contribution in [-0.2, 0) is 9.84 Å². The second-order valence-electron chi connectivity index (χ2n) is 4.31. The molecular formula is C15H14O5S. The first-order valence-corrected chi connectivity index (χ1v) is 7.91. The van der Waals surface area contributed by atoms with Crippen molar-refractivity contribution in [2.24, 2.45) is 0 Å². The Morgan fingerprint density at radius 2 is 1.76 bits per heavy atom. The molecule has 110 valence electrons. The van der Waals surface area contributed by atoms with Crippen LogP contribution in [0.25, 0.3) is 0 Å². The van der Waals surface area contributed by atoms with Gasteiger partial charge in [0.2, 0.25) is 0 Å². The lowest BCUT2D eigenvalue weighted by Crippen LogP contribution is -2.03. The van der Waals surface area contributed by atoms with Crippen molar-refractivity contribution < 1.29 is 23.1 Å². The molecule has 2 rings (SSSR count). The first-order valence-electron chi connectivity index (χ1n) is 6.26. The summed E-state index contributed by atoms with van der Waals surface area (Å²) in [6.07, 6.45) is 0. The fourth-order valence-corrected chi connectivity index (χ4v) is 2.59. The molecule has 0 unspecified atom stereocenters. The molecule has 2 aromatic carbocycles. The van der Waals surface area contributed by atoms with Gasteiger partial charge in [-0.15, -0.1) is 0 Å². The Morgan fingerprint density at radius 3 is 2.33 bits per heavy atom. The van der Waals surface area contributed by atoms with E-state index in [0.29, 0.717) is 11.5 Å². The molecule has 0 heterocycles. The number of benzene rings is 2. The minimum absolute atomic E-state index is 0.0356. The molecule has 0 atom stereocenters. The van der Waals surface area contributed by atoms with Crippen molar-refractivity contribution in [3.63, 3.8) is 0 Å². The van der Waals surface area contributed by atoms with Crippen LogP contribution in [0.4, 0.5) is 0 Å². The first kappa shape index (κ1) is 15.1. The molecule has 0 aromatic heterocycles. The van der Waals surface area contributed by atoms with E-state index in [1.165, 1.54) is 36.4 Å². The van der Waals surface area contributed by atoms with Gasteiger partial charge in [-0.25, -0.2) is 13.2 Å². The summed E-state index contributed by atoms with van der Waals surface area (Å²) in [4.78, 5) is 11.1. The third-order valence-corrected chi connectivity index (χ3v) is 4.63. The summed E-state index contributed by atoms with van der Waals surface area (Å²) in [5.41, 5.74) is 0.123. The Morgan fingerprint density at radius 1 is 1.10 bits per heavy atom. The fraction of sp³-hybridized carbons (Fsp3) is 0.133. The van der Waals surface area contributed by atoms with Gasteiger partial charge in [0.05, 0.1) is 16.2 Å². The minimum atomic E-state index is -3.24. The van der Waals surface area contributed by atoms with Gasteiger partial charge < -0.3 is 9.84 Å². The van der Waals surface area contributed by atoms with E-state index in [0.717, 1.165) is 0 Å². The van der Waals surface area contributed by atoms with E-state index in [1.807, 2.05) is 0 Å². The Hall–Kier alpha value is -2.34. The standard InChI is InChI=1S/C15H14O5S/c1-2-21(18,19)14-8-6-12(7-9-14)20-13-5-3-4-11(10-13)15(16)17/h3-10H,2H2,1H3,(H,16,17). The molecule has 0 aliphatic rings. The number of carboxylic acids is 1. The van der Waals surface area contributed by atoms with Crippen LogP contribution in [0.3, 0.4) is 0 Å². The molecule has 0 spiro atoms. The maximum absolute atomic E-state index is 11.7. The summed E-state index contributed by atoms with van der Waals surface area (Å²) >= 11 is 0. The lowest BCUT2D eigenvalue weighted by atomic mass is 10.2. The van der Waals surface area contributed by atoms with Gasteiger partial charge in [0.25, 0.3) is 0 Å². The highest BCUT2D eigenvalue weighted by atomic mass is 32.2. The Bertz CT molecular complexity index is 748. The van der Waals surface area contributed by atoms with Crippen LogP contribution in [0.2, 0.25) is 0 Å². The second-order valence-corrected chi connectivity index (χ2v) is 6.59. The van der Waals surface area contributed by atoms with Crippen LogP contribution in [0.1, 0.15) is 17.3 Å². The van der Waals surface area contributed by atoms with Crippen LogP contribution in [0.15, 0.2) is 53.4 Å². The topological polar surface area (TPSA) is 80.7 Å². The molecule has 6 heteroatoms. The molecule has 0 fully saturated rings. The van der Waals surface area contributed by atoms with Gasteiger partial charge in [0.15, 0.2) is 9.84 Å². The maximum Gasteiger partial charge on any atom is 0.335 e. The molecule has 0 saturated carbocycles. The summed E-state index contributed by atoms with van der Waals surface area (Å²) in [5, 5.41) is 8.91. The molecule has 1 N–H and O–H groups in total. The lowest BCUT2D eigenvalue weighted by molar-refractivity contribution is 0.0696. The number of rotatable bonds is 5. The smallest absolute Gasteiger partial charge is 0.335 e.